The van der Waals surface area contributed by atoms with Gasteiger partial charge in [-0.2, -0.15) is 0 Å². The molecule has 0 heterocycles. The molecule has 1 aromatic carbocycles. The van der Waals surface area contributed by atoms with E-state index in [0.29, 0.717) is 17.9 Å². The van der Waals surface area contributed by atoms with Gasteiger partial charge in [0.2, 0.25) is 0 Å². The highest BCUT2D eigenvalue weighted by Crippen LogP contribution is 2.26. The second-order valence-corrected chi connectivity index (χ2v) is 4.75. The van der Waals surface area contributed by atoms with Crippen molar-refractivity contribution in [3.63, 3.8) is 0 Å². The second kappa shape index (κ2) is 8.89. The van der Waals surface area contributed by atoms with Gasteiger partial charge in [0, 0.05) is 12.2 Å². The van der Waals surface area contributed by atoms with Crippen LogP contribution < -0.4 is 4.74 Å². The molecule has 2 N–H and O–H groups in total. The average Bonchev–Trinajstić information content (AvgIpc) is 2.42. The van der Waals surface area contributed by atoms with E-state index in [4.69, 9.17) is 9.47 Å². The summed E-state index contributed by atoms with van der Waals surface area (Å²) in [6.45, 7) is 4.45. The number of ether oxygens (including phenoxy) is 2. The van der Waals surface area contributed by atoms with Crippen molar-refractivity contribution in [2.24, 2.45) is 0 Å². The summed E-state index contributed by atoms with van der Waals surface area (Å²) in [4.78, 5) is 0. The van der Waals surface area contributed by atoms with Crippen molar-refractivity contribution in [3.05, 3.63) is 29.6 Å². The fourth-order valence-electron chi connectivity index (χ4n) is 1.68. The van der Waals surface area contributed by atoms with E-state index in [-0.39, 0.29) is 13.2 Å². The zero-order chi connectivity index (χ0) is 15.0. The number of benzene rings is 1. The molecule has 0 aromatic heterocycles. The third-order valence-electron chi connectivity index (χ3n) is 2.81. The quantitative estimate of drug-likeness (QED) is 0.685. The SMILES string of the molecule is CCCCOCC(O)COc1ccc(F)cc1C(C)O. The van der Waals surface area contributed by atoms with Gasteiger partial charge in [-0.15, -0.1) is 0 Å². The van der Waals surface area contributed by atoms with E-state index in [1.54, 1.807) is 0 Å². The first-order chi connectivity index (χ1) is 9.54. The van der Waals surface area contributed by atoms with Gasteiger partial charge >= 0.3 is 0 Å². The maximum absolute atomic E-state index is 13.1. The topological polar surface area (TPSA) is 58.9 Å². The number of hydrogen-bond acceptors (Lipinski definition) is 4. The lowest BCUT2D eigenvalue weighted by Gasteiger charge is -2.16. The number of halogens is 1. The van der Waals surface area contributed by atoms with Gasteiger partial charge in [0.25, 0.3) is 0 Å². The Morgan fingerprint density at radius 3 is 2.65 bits per heavy atom. The molecule has 0 aliphatic heterocycles. The molecule has 0 saturated carbocycles. The lowest BCUT2D eigenvalue weighted by molar-refractivity contribution is 0.0107. The number of unbranched alkanes of at least 4 members (excludes halogenated alkanes) is 1. The Kier molecular flexibility index (Phi) is 7.51. The molecule has 0 fully saturated rings. The molecule has 1 aromatic rings. The van der Waals surface area contributed by atoms with Crippen molar-refractivity contribution in [2.45, 2.75) is 38.9 Å². The van der Waals surface area contributed by atoms with Crippen molar-refractivity contribution >= 4 is 0 Å². The standard InChI is InChI=1S/C15H23FO4/c1-3-4-7-19-9-13(18)10-20-15-6-5-12(16)8-14(15)11(2)17/h5-6,8,11,13,17-18H,3-4,7,9-10H2,1-2H3. The second-order valence-electron chi connectivity index (χ2n) is 4.75. The highest BCUT2D eigenvalue weighted by atomic mass is 19.1. The Balaban J connectivity index is 2.44. The van der Waals surface area contributed by atoms with Crippen LogP contribution in [0.2, 0.25) is 0 Å². The Hall–Kier alpha value is -1.17. The van der Waals surface area contributed by atoms with Crippen molar-refractivity contribution in [2.75, 3.05) is 19.8 Å². The van der Waals surface area contributed by atoms with E-state index in [0.717, 1.165) is 12.8 Å². The summed E-state index contributed by atoms with van der Waals surface area (Å²) in [5.74, 6) is -0.0642. The van der Waals surface area contributed by atoms with Crippen LogP contribution >= 0.6 is 0 Å². The van der Waals surface area contributed by atoms with Gasteiger partial charge in [0.1, 0.15) is 24.3 Å². The number of aliphatic hydroxyl groups excluding tert-OH is 2. The summed E-state index contributed by atoms with van der Waals surface area (Å²) < 4.78 is 23.8. The van der Waals surface area contributed by atoms with E-state index in [2.05, 4.69) is 6.92 Å². The predicted molar refractivity (Wildman–Crippen MR) is 74.3 cm³/mol. The fraction of sp³-hybridized carbons (Fsp3) is 0.600. The molecule has 2 unspecified atom stereocenters. The van der Waals surface area contributed by atoms with Crippen molar-refractivity contribution in [3.8, 4) is 5.75 Å². The summed E-state index contributed by atoms with van der Waals surface area (Å²) in [6, 6.07) is 3.93. The van der Waals surface area contributed by atoms with E-state index >= 15 is 0 Å². The minimum atomic E-state index is -0.835. The zero-order valence-corrected chi connectivity index (χ0v) is 12.0. The van der Waals surface area contributed by atoms with Gasteiger partial charge in [0.15, 0.2) is 0 Å². The van der Waals surface area contributed by atoms with Crippen LogP contribution in [-0.4, -0.2) is 36.1 Å². The molecule has 5 heteroatoms. The Labute approximate surface area is 119 Å². The normalized spacial score (nSPS) is 14.1. The van der Waals surface area contributed by atoms with E-state index in [1.807, 2.05) is 0 Å². The monoisotopic (exact) mass is 286 g/mol. The maximum atomic E-state index is 13.1. The molecule has 4 nitrogen and oxygen atoms in total. The summed E-state index contributed by atoms with van der Waals surface area (Å²) in [5, 5.41) is 19.3. The molecule has 0 aliphatic rings. The summed E-state index contributed by atoms with van der Waals surface area (Å²) in [5.41, 5.74) is 0.365. The fourth-order valence-corrected chi connectivity index (χ4v) is 1.68. The molecule has 0 saturated heterocycles. The molecule has 2 atom stereocenters. The van der Waals surface area contributed by atoms with Crippen LogP contribution in [-0.2, 0) is 4.74 Å². The van der Waals surface area contributed by atoms with Gasteiger partial charge in [-0.3, -0.25) is 0 Å². The lowest BCUT2D eigenvalue weighted by atomic mass is 10.1. The van der Waals surface area contributed by atoms with Crippen LogP contribution in [0.4, 0.5) is 4.39 Å². The minimum Gasteiger partial charge on any atom is -0.490 e. The molecular weight excluding hydrogens is 263 g/mol. The first-order valence-electron chi connectivity index (χ1n) is 6.90. The first-order valence-corrected chi connectivity index (χ1v) is 6.90. The van der Waals surface area contributed by atoms with Crippen LogP contribution in [0.5, 0.6) is 5.75 Å². The molecule has 114 valence electrons. The van der Waals surface area contributed by atoms with E-state index in [1.165, 1.54) is 25.1 Å². The molecule has 0 radical (unpaired) electrons. The minimum absolute atomic E-state index is 0.0392. The van der Waals surface area contributed by atoms with E-state index < -0.39 is 18.0 Å². The molecule has 0 bridgehead atoms. The lowest BCUT2D eigenvalue weighted by Crippen LogP contribution is -2.24. The van der Waals surface area contributed by atoms with Crippen LogP contribution in [0.15, 0.2) is 18.2 Å². The predicted octanol–water partition coefficient (Wildman–Crippen LogP) is 2.44. The molecular formula is C15H23FO4. The first kappa shape index (κ1) is 16.9. The summed E-state index contributed by atoms with van der Waals surface area (Å²) in [6.07, 6.45) is 0.412. The summed E-state index contributed by atoms with van der Waals surface area (Å²) in [7, 11) is 0. The number of hydrogen-bond donors (Lipinski definition) is 2. The van der Waals surface area contributed by atoms with E-state index in [9.17, 15) is 14.6 Å². The third-order valence-corrected chi connectivity index (χ3v) is 2.81. The van der Waals surface area contributed by atoms with Gasteiger partial charge in [-0.05, 0) is 31.5 Å². The van der Waals surface area contributed by atoms with Gasteiger partial charge in [-0.25, -0.2) is 4.39 Å². The molecule has 0 amide bonds. The highest BCUT2D eigenvalue weighted by molar-refractivity contribution is 5.35. The number of rotatable bonds is 9. The van der Waals surface area contributed by atoms with Crippen molar-refractivity contribution < 1.29 is 24.1 Å². The Bertz CT molecular complexity index is 395. The maximum Gasteiger partial charge on any atom is 0.125 e. The van der Waals surface area contributed by atoms with Crippen LogP contribution in [0, 0.1) is 5.82 Å². The average molecular weight is 286 g/mol. The Morgan fingerprint density at radius 2 is 2.00 bits per heavy atom. The summed E-state index contributed by atoms with van der Waals surface area (Å²) >= 11 is 0. The van der Waals surface area contributed by atoms with Crippen LogP contribution in [0.1, 0.15) is 38.4 Å². The molecule has 0 aliphatic carbocycles. The van der Waals surface area contributed by atoms with Crippen molar-refractivity contribution in [1.82, 2.24) is 0 Å². The molecule has 1 rings (SSSR count). The smallest absolute Gasteiger partial charge is 0.125 e. The largest absolute Gasteiger partial charge is 0.490 e. The Morgan fingerprint density at radius 1 is 1.25 bits per heavy atom. The van der Waals surface area contributed by atoms with Crippen LogP contribution in [0.3, 0.4) is 0 Å². The highest BCUT2D eigenvalue weighted by Gasteiger charge is 2.12. The third kappa shape index (κ3) is 5.86. The van der Waals surface area contributed by atoms with Crippen LogP contribution in [0.25, 0.3) is 0 Å². The van der Waals surface area contributed by atoms with Gasteiger partial charge < -0.3 is 19.7 Å². The number of aliphatic hydroxyl groups is 2. The zero-order valence-electron chi connectivity index (χ0n) is 12.0. The molecule has 0 spiro atoms. The van der Waals surface area contributed by atoms with Crippen molar-refractivity contribution in [1.29, 1.82) is 0 Å². The van der Waals surface area contributed by atoms with Gasteiger partial charge in [-0.1, -0.05) is 13.3 Å². The molecule has 20 heavy (non-hydrogen) atoms. The van der Waals surface area contributed by atoms with Gasteiger partial charge in [0.05, 0.1) is 12.7 Å².